The first-order valence-electron chi connectivity index (χ1n) is 5.19. The van der Waals surface area contributed by atoms with E-state index in [1.165, 1.54) is 0 Å². The number of hydrogen-bond donors (Lipinski definition) is 0. The predicted molar refractivity (Wildman–Crippen MR) is 56.7 cm³/mol. The predicted octanol–water partition coefficient (Wildman–Crippen LogP) is 1.03. The van der Waals surface area contributed by atoms with Crippen LogP contribution < -0.4 is 0 Å². The highest BCUT2D eigenvalue weighted by Gasteiger charge is 2.32. The first-order chi connectivity index (χ1) is 7.31. The van der Waals surface area contributed by atoms with Gasteiger partial charge in [-0.1, -0.05) is 5.11 Å². The van der Waals surface area contributed by atoms with Gasteiger partial charge in [0, 0.05) is 44.8 Å². The molecule has 0 bridgehead atoms. The summed E-state index contributed by atoms with van der Waals surface area (Å²) in [4.78, 5) is 4.92. The number of methoxy groups -OCH3 is 1. The maximum atomic E-state index is 8.16. The summed E-state index contributed by atoms with van der Waals surface area (Å²) in [7, 11) is 1.70. The highest BCUT2D eigenvalue weighted by atomic mass is 16.5. The van der Waals surface area contributed by atoms with Crippen molar-refractivity contribution in [1.29, 1.82) is 0 Å². The third-order valence-electron chi connectivity index (χ3n) is 2.55. The Morgan fingerprint density at radius 2 is 2.20 bits per heavy atom. The van der Waals surface area contributed by atoms with Gasteiger partial charge in [0.2, 0.25) is 0 Å². The molecule has 15 heavy (non-hydrogen) atoms. The Hall–Kier alpha value is -0.810. The number of azide groups is 1. The summed E-state index contributed by atoms with van der Waals surface area (Å²) >= 11 is 0. The summed E-state index contributed by atoms with van der Waals surface area (Å²) in [6.07, 6.45) is 0.280. The van der Waals surface area contributed by atoms with Crippen LogP contribution in [0.3, 0.4) is 0 Å². The average Bonchev–Trinajstić information content (AvgIpc) is 2.62. The second-order valence-corrected chi connectivity index (χ2v) is 3.48. The van der Waals surface area contributed by atoms with Crippen LogP contribution in [0.2, 0.25) is 0 Å². The van der Waals surface area contributed by atoms with E-state index in [0.29, 0.717) is 13.2 Å². The van der Waals surface area contributed by atoms with Crippen LogP contribution >= 0.6 is 0 Å². The molecule has 1 fully saturated rings. The minimum atomic E-state index is 0.135. The van der Waals surface area contributed by atoms with Gasteiger partial charge < -0.3 is 9.47 Å². The molecule has 1 heterocycles. The zero-order valence-electron chi connectivity index (χ0n) is 9.30. The topological polar surface area (TPSA) is 70.5 Å². The third kappa shape index (κ3) is 3.68. The van der Waals surface area contributed by atoms with Crippen molar-refractivity contribution in [3.63, 3.8) is 0 Å². The molecule has 2 atom stereocenters. The van der Waals surface area contributed by atoms with Crippen molar-refractivity contribution in [3.05, 3.63) is 10.4 Å². The number of rotatable bonds is 6. The Labute approximate surface area is 89.8 Å². The monoisotopic (exact) mass is 214 g/mol. The van der Waals surface area contributed by atoms with Gasteiger partial charge in [-0.15, -0.1) is 0 Å². The molecule has 1 aliphatic heterocycles. The van der Waals surface area contributed by atoms with Crippen LogP contribution in [-0.4, -0.2) is 57.0 Å². The Morgan fingerprint density at radius 1 is 1.47 bits per heavy atom. The maximum absolute atomic E-state index is 8.16. The first-order valence-corrected chi connectivity index (χ1v) is 5.19. The third-order valence-corrected chi connectivity index (χ3v) is 2.55. The van der Waals surface area contributed by atoms with E-state index < -0.39 is 0 Å². The van der Waals surface area contributed by atoms with Crippen molar-refractivity contribution >= 4 is 0 Å². The van der Waals surface area contributed by atoms with Crippen LogP contribution in [0.5, 0.6) is 0 Å². The molecular weight excluding hydrogens is 196 g/mol. The molecule has 0 radical (unpaired) electrons. The van der Waals surface area contributed by atoms with E-state index in [4.69, 9.17) is 15.0 Å². The first kappa shape index (κ1) is 12.3. The van der Waals surface area contributed by atoms with E-state index in [1.54, 1.807) is 7.11 Å². The molecule has 0 spiro atoms. The van der Waals surface area contributed by atoms with Gasteiger partial charge in [-0.3, -0.25) is 4.90 Å². The van der Waals surface area contributed by atoms with Crippen LogP contribution in [0.25, 0.3) is 10.4 Å². The lowest BCUT2D eigenvalue weighted by Crippen LogP contribution is -2.28. The average molecular weight is 214 g/mol. The van der Waals surface area contributed by atoms with Gasteiger partial charge in [-0.25, -0.2) is 0 Å². The molecule has 0 aromatic carbocycles. The smallest absolute Gasteiger partial charge is 0.0975 e. The van der Waals surface area contributed by atoms with Crippen LogP contribution in [0.15, 0.2) is 5.11 Å². The second kappa shape index (κ2) is 6.63. The van der Waals surface area contributed by atoms with E-state index in [1.807, 2.05) is 6.92 Å². The van der Waals surface area contributed by atoms with Gasteiger partial charge in [0.05, 0.1) is 12.2 Å². The van der Waals surface area contributed by atoms with Gasteiger partial charge in [-0.2, -0.15) is 0 Å². The van der Waals surface area contributed by atoms with Crippen molar-refractivity contribution in [3.8, 4) is 0 Å². The standard InChI is InChI=1S/C9H18N4O2/c1-3-15-9-7-13(5-4-11-12-10)6-8(9)14-2/h8-9H,3-7H2,1-2H3/t8-,9+/m0/s1. The number of likely N-dealkylation sites (tertiary alicyclic amines) is 1. The molecular formula is C9H18N4O2. The summed E-state index contributed by atoms with van der Waals surface area (Å²) in [6.45, 7) is 5.67. The van der Waals surface area contributed by atoms with Gasteiger partial charge in [0.15, 0.2) is 0 Å². The van der Waals surface area contributed by atoms with Crippen LogP contribution in [0, 0.1) is 0 Å². The zero-order chi connectivity index (χ0) is 11.1. The molecule has 0 amide bonds. The van der Waals surface area contributed by atoms with Crippen molar-refractivity contribution in [2.75, 3.05) is 39.9 Å². The molecule has 0 saturated carbocycles. The molecule has 6 nitrogen and oxygen atoms in total. The van der Waals surface area contributed by atoms with Crippen molar-refractivity contribution in [1.82, 2.24) is 4.90 Å². The minimum Gasteiger partial charge on any atom is -0.377 e. The van der Waals surface area contributed by atoms with Crippen molar-refractivity contribution in [2.45, 2.75) is 19.1 Å². The van der Waals surface area contributed by atoms with Crippen LogP contribution in [0.4, 0.5) is 0 Å². The van der Waals surface area contributed by atoms with Crippen molar-refractivity contribution < 1.29 is 9.47 Å². The van der Waals surface area contributed by atoms with E-state index in [2.05, 4.69) is 14.9 Å². The lowest BCUT2D eigenvalue weighted by atomic mass is 10.2. The number of ether oxygens (including phenoxy) is 2. The fourth-order valence-electron chi connectivity index (χ4n) is 1.83. The molecule has 86 valence electrons. The number of hydrogen-bond acceptors (Lipinski definition) is 4. The summed E-state index contributed by atoms with van der Waals surface area (Å²) in [5, 5.41) is 3.51. The molecule has 1 aliphatic rings. The molecule has 1 rings (SSSR count). The SMILES string of the molecule is CCO[C@@H]1CN(CCN=[N+]=[N-])C[C@@H]1OC. The normalized spacial score (nSPS) is 26.5. The summed E-state index contributed by atoms with van der Waals surface area (Å²) in [5.74, 6) is 0. The van der Waals surface area contributed by atoms with E-state index in [9.17, 15) is 0 Å². The Bertz CT molecular complexity index is 230. The summed E-state index contributed by atoms with van der Waals surface area (Å²) < 4.78 is 10.9. The molecule has 0 aromatic rings. The van der Waals surface area contributed by atoms with E-state index >= 15 is 0 Å². The van der Waals surface area contributed by atoms with Gasteiger partial charge >= 0.3 is 0 Å². The molecule has 6 heteroatoms. The Kier molecular flexibility index (Phi) is 5.42. The van der Waals surface area contributed by atoms with Gasteiger partial charge in [0.1, 0.15) is 0 Å². The van der Waals surface area contributed by atoms with Crippen LogP contribution in [0.1, 0.15) is 6.92 Å². The summed E-state index contributed by atoms with van der Waals surface area (Å²) in [6, 6.07) is 0. The molecule has 0 aliphatic carbocycles. The highest BCUT2D eigenvalue weighted by Crippen LogP contribution is 2.15. The maximum Gasteiger partial charge on any atom is 0.0975 e. The zero-order valence-corrected chi connectivity index (χ0v) is 9.30. The highest BCUT2D eigenvalue weighted by molar-refractivity contribution is 4.86. The second-order valence-electron chi connectivity index (χ2n) is 3.48. The fraction of sp³-hybridized carbons (Fsp3) is 1.00. The molecule has 0 N–H and O–H groups in total. The molecule has 0 unspecified atom stereocenters. The largest absolute Gasteiger partial charge is 0.377 e. The van der Waals surface area contributed by atoms with E-state index in [-0.39, 0.29) is 12.2 Å². The lowest BCUT2D eigenvalue weighted by Gasteiger charge is -2.16. The summed E-state index contributed by atoms with van der Waals surface area (Å²) in [5.41, 5.74) is 8.16. The number of nitrogens with zero attached hydrogens (tertiary/aromatic N) is 4. The molecule has 1 saturated heterocycles. The van der Waals surface area contributed by atoms with Crippen LogP contribution in [-0.2, 0) is 9.47 Å². The van der Waals surface area contributed by atoms with E-state index in [0.717, 1.165) is 19.6 Å². The Morgan fingerprint density at radius 3 is 2.80 bits per heavy atom. The van der Waals surface area contributed by atoms with Crippen molar-refractivity contribution in [2.24, 2.45) is 5.11 Å². The lowest BCUT2D eigenvalue weighted by molar-refractivity contribution is -0.0233. The molecule has 0 aromatic heterocycles. The van der Waals surface area contributed by atoms with Gasteiger partial charge in [0.25, 0.3) is 0 Å². The quantitative estimate of drug-likeness (QED) is 0.376. The van der Waals surface area contributed by atoms with Gasteiger partial charge in [-0.05, 0) is 12.5 Å². The minimum absolute atomic E-state index is 0.135. The Balaban J connectivity index is 2.34. The fourth-order valence-corrected chi connectivity index (χ4v) is 1.83.